The minimum atomic E-state index is 0.524. The van der Waals surface area contributed by atoms with Crippen molar-refractivity contribution in [3.63, 3.8) is 0 Å². The molecule has 0 aliphatic rings. The zero-order valence-electron chi connectivity index (χ0n) is 11.8. The maximum atomic E-state index is 5.88. The number of hydrogen-bond acceptors (Lipinski definition) is 3. The third kappa shape index (κ3) is 3.03. The van der Waals surface area contributed by atoms with Crippen molar-refractivity contribution in [1.29, 1.82) is 0 Å². The Morgan fingerprint density at radius 3 is 2.86 bits per heavy atom. The molecule has 0 saturated heterocycles. The molecule has 21 heavy (non-hydrogen) atoms. The number of benzene rings is 2. The highest BCUT2D eigenvalue weighted by atomic mass is 35.5. The normalized spacial score (nSPS) is 11.0. The van der Waals surface area contributed by atoms with E-state index in [4.69, 9.17) is 20.9 Å². The zero-order valence-corrected chi connectivity index (χ0v) is 12.6. The van der Waals surface area contributed by atoms with Gasteiger partial charge in [0, 0.05) is 17.7 Å². The van der Waals surface area contributed by atoms with Gasteiger partial charge in [0.25, 0.3) is 0 Å². The maximum Gasteiger partial charge on any atom is 0.167 e. The van der Waals surface area contributed by atoms with E-state index in [2.05, 4.69) is 24.2 Å². The average Bonchev–Trinajstić information content (AvgIpc) is 2.89. The number of halogens is 1. The lowest BCUT2D eigenvalue weighted by molar-refractivity contribution is 0.306. The second-order valence-electron chi connectivity index (χ2n) is 4.94. The number of alkyl halides is 1. The van der Waals surface area contributed by atoms with Crippen LogP contribution in [0.5, 0.6) is 5.75 Å². The Kier molecular flexibility index (Phi) is 4.11. The molecule has 108 valence electrons. The summed E-state index contributed by atoms with van der Waals surface area (Å²) in [5.41, 5.74) is 4.05. The van der Waals surface area contributed by atoms with Gasteiger partial charge in [-0.3, -0.25) is 0 Å². The van der Waals surface area contributed by atoms with Crippen LogP contribution in [0.2, 0.25) is 0 Å². The van der Waals surface area contributed by atoms with E-state index in [1.54, 1.807) is 0 Å². The molecule has 3 nitrogen and oxygen atoms in total. The van der Waals surface area contributed by atoms with Crippen LogP contribution in [-0.2, 0) is 13.0 Å². The van der Waals surface area contributed by atoms with E-state index in [-0.39, 0.29) is 0 Å². The molecule has 0 aliphatic heterocycles. The fraction of sp³-hybridized carbons (Fsp3) is 0.235. The van der Waals surface area contributed by atoms with Crippen LogP contribution in [0.25, 0.3) is 11.0 Å². The number of rotatable bonds is 5. The summed E-state index contributed by atoms with van der Waals surface area (Å²) < 4.78 is 11.2. The minimum Gasteiger partial charge on any atom is -0.489 e. The van der Waals surface area contributed by atoms with Gasteiger partial charge in [-0.2, -0.15) is 0 Å². The van der Waals surface area contributed by atoms with E-state index in [0.29, 0.717) is 18.9 Å². The molecule has 4 heteroatoms. The van der Waals surface area contributed by atoms with Crippen molar-refractivity contribution in [1.82, 2.24) is 5.16 Å². The van der Waals surface area contributed by atoms with Crippen LogP contribution in [0.15, 0.2) is 47.0 Å². The van der Waals surface area contributed by atoms with E-state index in [1.165, 1.54) is 11.1 Å². The van der Waals surface area contributed by atoms with Gasteiger partial charge in [0.1, 0.15) is 12.4 Å². The van der Waals surface area contributed by atoms with Crippen LogP contribution >= 0.6 is 11.6 Å². The van der Waals surface area contributed by atoms with E-state index < -0.39 is 0 Å². The molecule has 0 spiro atoms. The molecule has 0 atom stereocenters. The molecule has 3 rings (SSSR count). The van der Waals surface area contributed by atoms with E-state index in [0.717, 1.165) is 22.4 Å². The van der Waals surface area contributed by atoms with Gasteiger partial charge in [0.2, 0.25) is 0 Å². The van der Waals surface area contributed by atoms with Gasteiger partial charge >= 0.3 is 0 Å². The topological polar surface area (TPSA) is 35.3 Å². The number of hydrogen-bond donors (Lipinski definition) is 0. The Morgan fingerprint density at radius 2 is 2.05 bits per heavy atom. The highest BCUT2D eigenvalue weighted by molar-refractivity contribution is 6.18. The third-order valence-electron chi connectivity index (χ3n) is 3.50. The van der Waals surface area contributed by atoms with Gasteiger partial charge in [-0.25, -0.2) is 0 Å². The highest BCUT2D eigenvalue weighted by Gasteiger charge is 2.09. The second-order valence-corrected chi connectivity index (χ2v) is 5.32. The van der Waals surface area contributed by atoms with Crippen LogP contribution in [0.1, 0.15) is 16.8 Å². The Bertz CT molecular complexity index is 751. The van der Waals surface area contributed by atoms with Gasteiger partial charge in [-0.05, 0) is 36.2 Å². The Balaban J connectivity index is 1.81. The van der Waals surface area contributed by atoms with Crippen molar-refractivity contribution in [3.8, 4) is 5.75 Å². The molecule has 0 unspecified atom stereocenters. The largest absolute Gasteiger partial charge is 0.489 e. The van der Waals surface area contributed by atoms with Crippen LogP contribution in [0.3, 0.4) is 0 Å². The monoisotopic (exact) mass is 301 g/mol. The summed E-state index contributed by atoms with van der Waals surface area (Å²) in [4.78, 5) is 0. The van der Waals surface area contributed by atoms with Crippen LogP contribution in [0, 0.1) is 6.92 Å². The maximum absolute atomic E-state index is 5.88. The highest BCUT2D eigenvalue weighted by Crippen LogP contribution is 2.25. The predicted molar refractivity (Wildman–Crippen MR) is 83.9 cm³/mol. The molecule has 2 aromatic carbocycles. The number of ether oxygens (including phenoxy) is 1. The SMILES string of the molecule is Cc1ccccc1COc1ccc2onc(CCCl)c2c1. The first kappa shape index (κ1) is 14.0. The van der Waals surface area contributed by atoms with Crippen molar-refractivity contribution in [3.05, 3.63) is 59.3 Å². The summed E-state index contributed by atoms with van der Waals surface area (Å²) in [7, 11) is 0. The molecule has 0 N–H and O–H groups in total. The molecular formula is C17H16ClNO2. The minimum absolute atomic E-state index is 0.524. The molecule has 0 saturated carbocycles. The molecule has 1 heterocycles. The lowest BCUT2D eigenvalue weighted by Gasteiger charge is -2.08. The van der Waals surface area contributed by atoms with Crippen molar-refractivity contribution in [2.75, 3.05) is 5.88 Å². The second kappa shape index (κ2) is 6.19. The summed E-state index contributed by atoms with van der Waals surface area (Å²) >= 11 is 5.78. The van der Waals surface area contributed by atoms with Gasteiger partial charge in [-0.1, -0.05) is 29.4 Å². The molecule has 1 aromatic heterocycles. The molecular weight excluding hydrogens is 286 g/mol. The first-order valence-corrected chi connectivity index (χ1v) is 7.43. The lowest BCUT2D eigenvalue weighted by atomic mass is 10.1. The van der Waals surface area contributed by atoms with Crippen LogP contribution < -0.4 is 4.74 Å². The molecule has 0 fully saturated rings. The molecule has 0 bridgehead atoms. The zero-order chi connectivity index (χ0) is 14.7. The standard InChI is InChI=1S/C17H16ClNO2/c1-12-4-2-3-5-13(12)11-20-14-6-7-17-15(10-14)16(8-9-18)19-21-17/h2-7,10H,8-9,11H2,1H3. The summed E-state index contributed by atoms with van der Waals surface area (Å²) in [6.07, 6.45) is 0.690. The first-order valence-electron chi connectivity index (χ1n) is 6.89. The number of aromatic nitrogens is 1. The Hall–Kier alpha value is -2.00. The van der Waals surface area contributed by atoms with E-state index in [9.17, 15) is 0 Å². The average molecular weight is 302 g/mol. The van der Waals surface area contributed by atoms with Gasteiger partial charge in [-0.15, -0.1) is 11.6 Å². The van der Waals surface area contributed by atoms with Crippen molar-refractivity contribution < 1.29 is 9.26 Å². The summed E-state index contributed by atoms with van der Waals surface area (Å²) in [6.45, 7) is 2.63. The van der Waals surface area contributed by atoms with Crippen molar-refractivity contribution in [2.24, 2.45) is 0 Å². The molecule has 3 aromatic rings. The molecule has 0 radical (unpaired) electrons. The van der Waals surface area contributed by atoms with E-state index in [1.807, 2.05) is 30.3 Å². The molecule has 0 aliphatic carbocycles. The first-order chi connectivity index (χ1) is 10.3. The van der Waals surface area contributed by atoms with Gasteiger partial charge < -0.3 is 9.26 Å². The van der Waals surface area contributed by atoms with E-state index >= 15 is 0 Å². The van der Waals surface area contributed by atoms with Crippen LogP contribution in [-0.4, -0.2) is 11.0 Å². The smallest absolute Gasteiger partial charge is 0.167 e. The lowest BCUT2D eigenvalue weighted by Crippen LogP contribution is -1.97. The fourth-order valence-corrected chi connectivity index (χ4v) is 2.44. The number of fused-ring (bicyclic) bond motifs is 1. The summed E-state index contributed by atoms with van der Waals surface area (Å²) in [5, 5.41) is 5.01. The third-order valence-corrected chi connectivity index (χ3v) is 3.69. The number of nitrogens with zero attached hydrogens (tertiary/aromatic N) is 1. The Labute approximate surface area is 128 Å². The van der Waals surface area contributed by atoms with Crippen LogP contribution in [0.4, 0.5) is 0 Å². The quantitative estimate of drug-likeness (QED) is 0.651. The van der Waals surface area contributed by atoms with Crippen molar-refractivity contribution in [2.45, 2.75) is 20.0 Å². The number of aryl methyl sites for hydroxylation is 2. The van der Waals surface area contributed by atoms with Gasteiger partial charge in [0.15, 0.2) is 5.58 Å². The molecule has 0 amide bonds. The van der Waals surface area contributed by atoms with Crippen molar-refractivity contribution >= 4 is 22.6 Å². The Morgan fingerprint density at radius 1 is 1.19 bits per heavy atom. The predicted octanol–water partition coefficient (Wildman–Crippen LogP) is 4.50. The summed E-state index contributed by atoms with van der Waals surface area (Å²) in [5.74, 6) is 1.33. The fourth-order valence-electron chi connectivity index (χ4n) is 2.26. The van der Waals surface area contributed by atoms with Gasteiger partial charge in [0.05, 0.1) is 5.69 Å². The summed E-state index contributed by atoms with van der Waals surface area (Å²) in [6, 6.07) is 14.0.